The molecule has 0 bridgehead atoms. The zero-order chi connectivity index (χ0) is 13.2. The van der Waals surface area contributed by atoms with Crippen LogP contribution in [0.3, 0.4) is 0 Å². The van der Waals surface area contributed by atoms with Gasteiger partial charge in [0.2, 0.25) is 5.91 Å². The third-order valence-corrected chi connectivity index (χ3v) is 1.95. The molecule has 0 aliphatic rings. The Balaban J connectivity index is 0.00000289. The molecule has 0 unspecified atom stereocenters. The van der Waals surface area contributed by atoms with E-state index in [0.29, 0.717) is 12.1 Å². The van der Waals surface area contributed by atoms with E-state index in [1.54, 1.807) is 0 Å². The highest BCUT2D eigenvalue weighted by Crippen LogP contribution is 2.32. The van der Waals surface area contributed by atoms with Crippen molar-refractivity contribution in [1.82, 2.24) is 0 Å². The summed E-state index contributed by atoms with van der Waals surface area (Å²) in [7, 11) is 0. The maximum Gasteiger partial charge on any atom is 0.419 e. The Kier molecular flexibility index (Phi) is 5.56. The minimum Gasteiger partial charge on any atom is -0.325 e. The van der Waals surface area contributed by atoms with E-state index >= 15 is 0 Å². The topological polar surface area (TPSA) is 55.1 Å². The largest absolute Gasteiger partial charge is 0.419 e. The minimum atomic E-state index is -4.81. The third-order valence-electron chi connectivity index (χ3n) is 1.95. The predicted octanol–water partition coefficient (Wildman–Crippen LogP) is 2.55. The van der Waals surface area contributed by atoms with Gasteiger partial charge in [-0.15, -0.1) is 12.4 Å². The molecule has 18 heavy (non-hydrogen) atoms. The molecule has 0 saturated heterocycles. The summed E-state index contributed by atoms with van der Waals surface area (Å²) >= 11 is 0. The van der Waals surface area contributed by atoms with Crippen molar-refractivity contribution in [2.24, 2.45) is 5.73 Å². The number of alkyl halides is 3. The molecule has 1 amide bonds. The lowest BCUT2D eigenvalue weighted by Gasteiger charge is -2.12. The Bertz CT molecular complexity index is 434. The molecule has 1 aromatic rings. The van der Waals surface area contributed by atoms with Gasteiger partial charge < -0.3 is 11.1 Å². The number of benzene rings is 1. The molecular weight excluding hydrogens is 276 g/mol. The van der Waals surface area contributed by atoms with Crippen molar-refractivity contribution in [2.75, 3.05) is 5.32 Å². The summed E-state index contributed by atoms with van der Waals surface area (Å²) in [4.78, 5) is 11.1. The van der Waals surface area contributed by atoms with Crippen molar-refractivity contribution in [3.63, 3.8) is 0 Å². The molecule has 0 heterocycles. The third kappa shape index (κ3) is 4.15. The normalized spacial score (nSPS) is 12.6. The van der Waals surface area contributed by atoms with Gasteiger partial charge in [-0.1, -0.05) is 0 Å². The van der Waals surface area contributed by atoms with Crippen molar-refractivity contribution in [3.05, 3.63) is 29.6 Å². The Hall–Kier alpha value is -1.34. The molecule has 0 aliphatic carbocycles. The first-order chi connectivity index (χ1) is 7.71. The lowest BCUT2D eigenvalue weighted by atomic mass is 10.1. The molecule has 0 radical (unpaired) electrons. The van der Waals surface area contributed by atoms with Gasteiger partial charge in [-0.05, 0) is 25.1 Å². The highest BCUT2D eigenvalue weighted by molar-refractivity contribution is 5.94. The number of hydrogen-bond acceptors (Lipinski definition) is 2. The molecule has 0 fully saturated rings. The Labute approximate surface area is 107 Å². The molecule has 1 atom stereocenters. The van der Waals surface area contributed by atoms with Crippen LogP contribution in [0.4, 0.5) is 23.2 Å². The van der Waals surface area contributed by atoms with Gasteiger partial charge in [0.1, 0.15) is 5.82 Å². The van der Waals surface area contributed by atoms with Gasteiger partial charge in [0.05, 0.1) is 11.6 Å². The van der Waals surface area contributed by atoms with E-state index in [9.17, 15) is 22.4 Å². The first-order valence-corrected chi connectivity index (χ1v) is 4.65. The zero-order valence-electron chi connectivity index (χ0n) is 9.22. The average Bonchev–Trinajstić information content (AvgIpc) is 2.19. The van der Waals surface area contributed by atoms with Gasteiger partial charge in [0, 0.05) is 5.69 Å². The summed E-state index contributed by atoms with van der Waals surface area (Å²) in [6.07, 6.45) is -4.81. The molecule has 3 N–H and O–H groups in total. The van der Waals surface area contributed by atoms with Crippen molar-refractivity contribution >= 4 is 24.0 Å². The lowest BCUT2D eigenvalue weighted by molar-refractivity contribution is -0.140. The van der Waals surface area contributed by atoms with Gasteiger partial charge in [0.25, 0.3) is 0 Å². The number of hydrogen-bond donors (Lipinski definition) is 2. The summed E-state index contributed by atoms with van der Waals surface area (Å²) in [5.74, 6) is -2.04. The first-order valence-electron chi connectivity index (χ1n) is 4.65. The van der Waals surface area contributed by atoms with E-state index < -0.39 is 29.5 Å². The molecule has 0 saturated carbocycles. The number of carbonyl (C=O) groups is 1. The number of carbonyl (C=O) groups excluding carboxylic acids is 1. The Morgan fingerprint density at radius 3 is 2.39 bits per heavy atom. The highest BCUT2D eigenvalue weighted by Gasteiger charge is 2.34. The maximum atomic E-state index is 12.9. The zero-order valence-corrected chi connectivity index (χ0v) is 10.0. The van der Waals surface area contributed by atoms with Crippen LogP contribution in [-0.4, -0.2) is 11.9 Å². The number of rotatable bonds is 2. The summed E-state index contributed by atoms with van der Waals surface area (Å²) in [6.45, 7) is 1.38. The number of amides is 1. The molecule has 0 spiro atoms. The summed E-state index contributed by atoms with van der Waals surface area (Å²) < 4.78 is 49.9. The lowest BCUT2D eigenvalue weighted by Crippen LogP contribution is -2.32. The van der Waals surface area contributed by atoms with Crippen molar-refractivity contribution < 1.29 is 22.4 Å². The summed E-state index contributed by atoms with van der Waals surface area (Å²) in [5, 5.41) is 2.15. The fourth-order valence-corrected chi connectivity index (χ4v) is 1.08. The second kappa shape index (κ2) is 6.01. The second-order valence-corrected chi connectivity index (χ2v) is 3.47. The van der Waals surface area contributed by atoms with Crippen molar-refractivity contribution in [2.45, 2.75) is 19.1 Å². The van der Waals surface area contributed by atoms with E-state index in [1.807, 2.05) is 0 Å². The molecule has 1 aromatic carbocycles. The number of halogens is 5. The fourth-order valence-electron chi connectivity index (χ4n) is 1.08. The van der Waals surface area contributed by atoms with Crippen LogP contribution in [0.5, 0.6) is 0 Å². The maximum absolute atomic E-state index is 12.9. The second-order valence-electron chi connectivity index (χ2n) is 3.47. The van der Waals surface area contributed by atoms with E-state index in [2.05, 4.69) is 5.32 Å². The SMILES string of the molecule is C[C@H](N)C(=O)Nc1ccc(F)c(C(F)(F)F)c1.Cl. The summed E-state index contributed by atoms with van der Waals surface area (Å²) in [6, 6.07) is 1.33. The smallest absolute Gasteiger partial charge is 0.325 e. The Morgan fingerprint density at radius 2 is 1.94 bits per heavy atom. The quantitative estimate of drug-likeness (QED) is 0.821. The van der Waals surface area contributed by atoms with Crippen molar-refractivity contribution in [3.8, 4) is 0 Å². The molecule has 8 heteroatoms. The Morgan fingerprint density at radius 1 is 1.39 bits per heavy atom. The van der Waals surface area contributed by atoms with Crippen LogP contribution in [0.25, 0.3) is 0 Å². The van der Waals surface area contributed by atoms with Gasteiger partial charge in [-0.2, -0.15) is 13.2 Å². The molecule has 102 valence electrons. The highest BCUT2D eigenvalue weighted by atomic mass is 35.5. The van der Waals surface area contributed by atoms with Crippen LogP contribution in [0, 0.1) is 5.82 Å². The molecule has 3 nitrogen and oxygen atoms in total. The van der Waals surface area contributed by atoms with Crippen molar-refractivity contribution in [1.29, 1.82) is 0 Å². The predicted molar refractivity (Wildman–Crippen MR) is 60.9 cm³/mol. The molecule has 1 rings (SSSR count). The van der Waals surface area contributed by atoms with Gasteiger partial charge in [0.15, 0.2) is 0 Å². The van der Waals surface area contributed by atoms with Crippen LogP contribution in [0.15, 0.2) is 18.2 Å². The van der Waals surface area contributed by atoms with E-state index in [0.717, 1.165) is 6.07 Å². The minimum absolute atomic E-state index is 0. The van der Waals surface area contributed by atoms with Crippen LogP contribution >= 0.6 is 12.4 Å². The standard InChI is InChI=1S/C10H10F4N2O.ClH/c1-5(15)9(17)16-6-2-3-8(11)7(4-6)10(12,13)14;/h2-5H,15H2,1H3,(H,16,17);1H/t5-;/m0./s1. The number of nitrogens with one attached hydrogen (secondary N) is 1. The van der Waals surface area contributed by atoms with E-state index in [4.69, 9.17) is 5.73 Å². The van der Waals surface area contributed by atoms with Gasteiger partial charge in [-0.25, -0.2) is 4.39 Å². The summed E-state index contributed by atoms with van der Waals surface area (Å²) in [5.41, 5.74) is 3.65. The van der Waals surface area contributed by atoms with Crippen LogP contribution < -0.4 is 11.1 Å². The van der Waals surface area contributed by atoms with Crippen LogP contribution in [-0.2, 0) is 11.0 Å². The monoisotopic (exact) mass is 286 g/mol. The number of nitrogens with two attached hydrogens (primary N) is 1. The van der Waals surface area contributed by atoms with Gasteiger partial charge in [-0.3, -0.25) is 4.79 Å². The number of anilines is 1. The average molecular weight is 287 g/mol. The van der Waals surface area contributed by atoms with E-state index in [1.165, 1.54) is 6.92 Å². The van der Waals surface area contributed by atoms with Crippen LogP contribution in [0.2, 0.25) is 0 Å². The first kappa shape index (κ1) is 16.7. The van der Waals surface area contributed by atoms with Gasteiger partial charge >= 0.3 is 6.18 Å². The molecule has 0 aliphatic heterocycles. The van der Waals surface area contributed by atoms with E-state index in [-0.39, 0.29) is 18.1 Å². The molecule has 0 aromatic heterocycles. The van der Waals surface area contributed by atoms with Crippen LogP contribution in [0.1, 0.15) is 12.5 Å². The molecular formula is C10H11ClF4N2O. The fraction of sp³-hybridized carbons (Fsp3) is 0.300.